The van der Waals surface area contributed by atoms with Crippen LogP contribution in [0.2, 0.25) is 5.15 Å². The SMILES string of the molecule is CONC(=O)c1cc(C)nc(Cl)c1. The third kappa shape index (κ3) is 2.68. The highest BCUT2D eigenvalue weighted by atomic mass is 35.5. The van der Waals surface area contributed by atoms with E-state index in [4.69, 9.17) is 11.6 Å². The Morgan fingerprint density at radius 2 is 2.31 bits per heavy atom. The van der Waals surface area contributed by atoms with Crippen molar-refractivity contribution in [1.82, 2.24) is 10.5 Å². The number of amides is 1. The van der Waals surface area contributed by atoms with E-state index in [0.29, 0.717) is 16.4 Å². The van der Waals surface area contributed by atoms with Crippen LogP contribution in [-0.4, -0.2) is 18.0 Å². The van der Waals surface area contributed by atoms with E-state index in [1.165, 1.54) is 13.2 Å². The Bertz CT molecular complexity index is 308. The molecule has 0 unspecified atom stereocenters. The molecule has 13 heavy (non-hydrogen) atoms. The molecule has 0 fully saturated rings. The molecule has 0 aromatic carbocycles. The van der Waals surface area contributed by atoms with E-state index < -0.39 is 0 Å². The Hall–Kier alpha value is -1.13. The number of carbonyl (C=O) groups excluding carboxylic acids is 1. The molecule has 0 aliphatic rings. The molecule has 1 aromatic rings. The van der Waals surface area contributed by atoms with Crippen molar-refractivity contribution >= 4 is 17.5 Å². The normalized spacial score (nSPS) is 9.77. The summed E-state index contributed by atoms with van der Waals surface area (Å²) in [5.74, 6) is -0.338. The van der Waals surface area contributed by atoms with Gasteiger partial charge in [0.2, 0.25) is 0 Å². The molecule has 1 aromatic heterocycles. The topological polar surface area (TPSA) is 51.2 Å². The summed E-state index contributed by atoms with van der Waals surface area (Å²) >= 11 is 5.66. The zero-order valence-electron chi connectivity index (χ0n) is 7.30. The monoisotopic (exact) mass is 200 g/mol. The molecule has 4 nitrogen and oxygen atoms in total. The predicted molar refractivity (Wildman–Crippen MR) is 48.5 cm³/mol. The van der Waals surface area contributed by atoms with Gasteiger partial charge in [0.1, 0.15) is 5.15 Å². The number of aryl methyl sites for hydroxylation is 1. The number of pyridine rings is 1. The summed E-state index contributed by atoms with van der Waals surface area (Å²) in [6.45, 7) is 1.76. The summed E-state index contributed by atoms with van der Waals surface area (Å²) in [6.07, 6.45) is 0. The Balaban J connectivity index is 2.94. The molecule has 0 aliphatic heterocycles. The maximum Gasteiger partial charge on any atom is 0.275 e. The van der Waals surface area contributed by atoms with Crippen molar-refractivity contribution in [3.05, 3.63) is 28.5 Å². The molecular weight excluding hydrogens is 192 g/mol. The molecule has 0 aliphatic carbocycles. The first-order valence-corrected chi connectivity index (χ1v) is 3.99. The van der Waals surface area contributed by atoms with Gasteiger partial charge in [0.25, 0.3) is 5.91 Å². The fourth-order valence-electron chi connectivity index (χ4n) is 0.911. The van der Waals surface area contributed by atoms with Crippen LogP contribution in [0.5, 0.6) is 0 Å². The van der Waals surface area contributed by atoms with Crippen LogP contribution >= 0.6 is 11.6 Å². The van der Waals surface area contributed by atoms with Crippen LogP contribution in [0.3, 0.4) is 0 Å². The first-order valence-electron chi connectivity index (χ1n) is 3.61. The Kier molecular flexibility index (Phi) is 3.22. The van der Waals surface area contributed by atoms with Crippen LogP contribution in [0.4, 0.5) is 0 Å². The van der Waals surface area contributed by atoms with Crippen molar-refractivity contribution in [2.45, 2.75) is 6.92 Å². The van der Waals surface area contributed by atoms with E-state index in [1.54, 1.807) is 13.0 Å². The molecule has 1 N–H and O–H groups in total. The minimum Gasteiger partial charge on any atom is -0.277 e. The van der Waals surface area contributed by atoms with Gasteiger partial charge in [0, 0.05) is 11.3 Å². The summed E-state index contributed by atoms with van der Waals surface area (Å²) in [7, 11) is 1.37. The number of nitrogens with one attached hydrogen (secondary N) is 1. The van der Waals surface area contributed by atoms with E-state index in [0.717, 1.165) is 0 Å². The van der Waals surface area contributed by atoms with Crippen LogP contribution in [0.25, 0.3) is 0 Å². The third-order valence-electron chi connectivity index (χ3n) is 1.38. The number of hydroxylamine groups is 1. The first kappa shape index (κ1) is 9.95. The molecule has 1 rings (SSSR count). The van der Waals surface area contributed by atoms with E-state index in [9.17, 15) is 4.79 Å². The lowest BCUT2D eigenvalue weighted by molar-refractivity contribution is 0.0537. The molecule has 0 radical (unpaired) electrons. The van der Waals surface area contributed by atoms with Crippen LogP contribution < -0.4 is 5.48 Å². The number of rotatable bonds is 2. The Morgan fingerprint density at radius 3 is 2.85 bits per heavy atom. The Morgan fingerprint density at radius 1 is 1.62 bits per heavy atom. The van der Waals surface area contributed by atoms with Crippen molar-refractivity contribution in [1.29, 1.82) is 0 Å². The Labute approximate surface area is 80.8 Å². The number of carbonyl (C=O) groups is 1. The van der Waals surface area contributed by atoms with Crippen LogP contribution in [0.15, 0.2) is 12.1 Å². The summed E-state index contributed by atoms with van der Waals surface area (Å²) in [4.78, 5) is 19.6. The highest BCUT2D eigenvalue weighted by Gasteiger charge is 2.06. The van der Waals surface area contributed by atoms with Crippen molar-refractivity contribution in [2.75, 3.05) is 7.11 Å². The van der Waals surface area contributed by atoms with Crippen molar-refractivity contribution < 1.29 is 9.63 Å². The third-order valence-corrected chi connectivity index (χ3v) is 1.57. The minimum absolute atomic E-state index is 0.293. The summed E-state index contributed by atoms with van der Waals surface area (Å²) in [6, 6.07) is 3.10. The second kappa shape index (κ2) is 4.20. The molecular formula is C8H9ClN2O2. The van der Waals surface area contributed by atoms with E-state index >= 15 is 0 Å². The molecule has 5 heteroatoms. The van der Waals surface area contributed by atoms with Gasteiger partial charge in [0.05, 0.1) is 7.11 Å². The molecule has 70 valence electrons. The van der Waals surface area contributed by atoms with Gasteiger partial charge in [-0.25, -0.2) is 10.5 Å². The average molecular weight is 201 g/mol. The largest absolute Gasteiger partial charge is 0.277 e. The van der Waals surface area contributed by atoms with Gasteiger partial charge in [-0.2, -0.15) is 0 Å². The highest BCUT2D eigenvalue weighted by molar-refractivity contribution is 6.29. The minimum atomic E-state index is -0.338. The smallest absolute Gasteiger partial charge is 0.275 e. The van der Waals surface area contributed by atoms with Gasteiger partial charge in [-0.15, -0.1) is 0 Å². The second-order valence-corrected chi connectivity index (χ2v) is 2.84. The summed E-state index contributed by atoms with van der Waals surface area (Å²) < 4.78 is 0. The summed E-state index contributed by atoms with van der Waals surface area (Å²) in [5.41, 5.74) is 3.31. The quantitative estimate of drug-likeness (QED) is 0.579. The summed E-state index contributed by atoms with van der Waals surface area (Å²) in [5, 5.41) is 0.293. The van der Waals surface area contributed by atoms with Crippen LogP contribution in [0.1, 0.15) is 16.1 Å². The predicted octanol–water partition coefficient (Wildman–Crippen LogP) is 1.33. The lowest BCUT2D eigenvalue weighted by Gasteiger charge is -2.02. The first-order chi connectivity index (χ1) is 6.13. The fourth-order valence-corrected chi connectivity index (χ4v) is 1.16. The van der Waals surface area contributed by atoms with Gasteiger partial charge < -0.3 is 0 Å². The molecule has 0 bridgehead atoms. The molecule has 0 spiro atoms. The van der Waals surface area contributed by atoms with Crippen molar-refractivity contribution in [3.8, 4) is 0 Å². The lowest BCUT2D eigenvalue weighted by atomic mass is 10.2. The van der Waals surface area contributed by atoms with Gasteiger partial charge in [0.15, 0.2) is 0 Å². The van der Waals surface area contributed by atoms with Crippen molar-refractivity contribution in [2.24, 2.45) is 0 Å². The molecule has 0 atom stereocenters. The standard InChI is InChI=1S/C8H9ClN2O2/c1-5-3-6(4-7(9)10-5)8(12)11-13-2/h3-4H,1-2H3,(H,11,12). The highest BCUT2D eigenvalue weighted by Crippen LogP contribution is 2.09. The molecule has 1 heterocycles. The van der Waals surface area contributed by atoms with Gasteiger partial charge in [-0.3, -0.25) is 9.63 Å². The zero-order chi connectivity index (χ0) is 9.84. The maximum absolute atomic E-state index is 11.2. The van der Waals surface area contributed by atoms with Crippen LogP contribution in [-0.2, 0) is 4.84 Å². The van der Waals surface area contributed by atoms with Gasteiger partial charge in [-0.1, -0.05) is 11.6 Å². The van der Waals surface area contributed by atoms with Gasteiger partial charge >= 0.3 is 0 Å². The number of hydrogen-bond donors (Lipinski definition) is 1. The molecule has 0 saturated carbocycles. The van der Waals surface area contributed by atoms with Crippen LogP contribution in [0, 0.1) is 6.92 Å². The average Bonchev–Trinajstić information content (AvgIpc) is 2.03. The number of hydrogen-bond acceptors (Lipinski definition) is 3. The molecule has 1 amide bonds. The zero-order valence-corrected chi connectivity index (χ0v) is 8.05. The number of aromatic nitrogens is 1. The molecule has 0 saturated heterocycles. The lowest BCUT2D eigenvalue weighted by Crippen LogP contribution is -2.21. The maximum atomic E-state index is 11.2. The van der Waals surface area contributed by atoms with E-state index in [2.05, 4.69) is 15.3 Å². The second-order valence-electron chi connectivity index (χ2n) is 2.46. The number of halogens is 1. The number of nitrogens with zero attached hydrogens (tertiary/aromatic N) is 1. The van der Waals surface area contributed by atoms with E-state index in [1.807, 2.05) is 0 Å². The van der Waals surface area contributed by atoms with Crippen molar-refractivity contribution in [3.63, 3.8) is 0 Å². The van der Waals surface area contributed by atoms with Gasteiger partial charge in [-0.05, 0) is 19.1 Å². The van der Waals surface area contributed by atoms with E-state index in [-0.39, 0.29) is 5.91 Å². The fraction of sp³-hybridized carbons (Fsp3) is 0.250.